The van der Waals surface area contributed by atoms with Gasteiger partial charge < -0.3 is 9.72 Å². The molecule has 0 radical (unpaired) electrons. The van der Waals surface area contributed by atoms with Gasteiger partial charge in [0.25, 0.3) is 0 Å². The molecule has 0 saturated heterocycles. The lowest BCUT2D eigenvalue weighted by molar-refractivity contribution is 0.392. The normalized spacial score (nSPS) is 19.3. The first kappa shape index (κ1) is 16.4. The van der Waals surface area contributed by atoms with E-state index >= 15 is 0 Å². The lowest BCUT2D eigenvalue weighted by Gasteiger charge is -2.31. The van der Waals surface area contributed by atoms with E-state index in [4.69, 9.17) is 9.72 Å². The number of aromatic nitrogens is 2. The standard InChI is InChI=1S/C24H24N2O/c1-15-7-12-19-23-18-5-3-4-6-21(18)26-22(23)14-25-24(19)20(15)13-16-8-10-17(27-2)11-9-16/h3-6,8-11,14-15,20,26H,7,12-13H2,1-2H3. The Kier molecular flexibility index (Phi) is 3.89. The number of aryl methyl sites for hydroxylation is 1. The molecular formula is C24H24N2O. The first-order chi connectivity index (χ1) is 13.2. The molecule has 4 aromatic rings. The van der Waals surface area contributed by atoms with E-state index in [1.165, 1.54) is 39.5 Å². The van der Waals surface area contributed by atoms with Crippen molar-refractivity contribution in [1.82, 2.24) is 9.97 Å². The third kappa shape index (κ3) is 2.69. The van der Waals surface area contributed by atoms with Gasteiger partial charge in [-0.3, -0.25) is 4.98 Å². The second-order valence-corrected chi connectivity index (χ2v) is 7.76. The quantitative estimate of drug-likeness (QED) is 0.516. The molecule has 27 heavy (non-hydrogen) atoms. The molecule has 2 heterocycles. The van der Waals surface area contributed by atoms with Gasteiger partial charge in [-0.15, -0.1) is 0 Å². The zero-order valence-electron chi connectivity index (χ0n) is 15.8. The second-order valence-electron chi connectivity index (χ2n) is 7.76. The number of fused-ring (bicyclic) bond motifs is 5. The molecule has 1 aliphatic carbocycles. The number of pyridine rings is 1. The number of para-hydroxylation sites is 1. The fourth-order valence-electron chi connectivity index (χ4n) is 4.65. The number of rotatable bonds is 3. The average molecular weight is 356 g/mol. The Bertz CT molecular complexity index is 1110. The monoisotopic (exact) mass is 356 g/mol. The van der Waals surface area contributed by atoms with Gasteiger partial charge in [-0.25, -0.2) is 0 Å². The highest BCUT2D eigenvalue weighted by Gasteiger charge is 2.30. The molecule has 1 aliphatic rings. The summed E-state index contributed by atoms with van der Waals surface area (Å²) in [6.45, 7) is 2.37. The zero-order valence-corrected chi connectivity index (χ0v) is 15.8. The van der Waals surface area contributed by atoms with Crippen molar-refractivity contribution in [3.05, 3.63) is 71.5 Å². The molecule has 0 fully saturated rings. The molecule has 0 amide bonds. The molecule has 2 aromatic heterocycles. The molecule has 0 saturated carbocycles. The largest absolute Gasteiger partial charge is 0.497 e. The van der Waals surface area contributed by atoms with Crippen LogP contribution in [0, 0.1) is 5.92 Å². The van der Waals surface area contributed by atoms with E-state index < -0.39 is 0 Å². The molecule has 2 aromatic carbocycles. The number of hydrogen-bond donors (Lipinski definition) is 1. The molecule has 2 unspecified atom stereocenters. The number of H-pyrrole nitrogens is 1. The fourth-order valence-corrected chi connectivity index (χ4v) is 4.65. The van der Waals surface area contributed by atoms with Crippen molar-refractivity contribution in [2.75, 3.05) is 7.11 Å². The lowest BCUT2D eigenvalue weighted by Crippen LogP contribution is -2.22. The Morgan fingerprint density at radius 2 is 1.89 bits per heavy atom. The maximum Gasteiger partial charge on any atom is 0.118 e. The number of aromatic amines is 1. The second kappa shape index (κ2) is 6.41. The summed E-state index contributed by atoms with van der Waals surface area (Å²) in [5.74, 6) is 2.00. The summed E-state index contributed by atoms with van der Waals surface area (Å²) in [6.07, 6.45) is 5.39. The summed E-state index contributed by atoms with van der Waals surface area (Å²) in [7, 11) is 1.71. The van der Waals surface area contributed by atoms with Crippen LogP contribution in [0.1, 0.15) is 36.1 Å². The Balaban J connectivity index is 1.61. The van der Waals surface area contributed by atoms with Gasteiger partial charge in [-0.05, 0) is 54.5 Å². The topological polar surface area (TPSA) is 37.9 Å². The molecule has 3 heteroatoms. The zero-order chi connectivity index (χ0) is 18.4. The minimum atomic E-state index is 0.459. The smallest absolute Gasteiger partial charge is 0.118 e. The SMILES string of the molecule is COc1ccc(CC2c3ncc4[nH]c5ccccc5c4c3CCC2C)cc1. The van der Waals surface area contributed by atoms with Crippen LogP contribution in [0.2, 0.25) is 0 Å². The van der Waals surface area contributed by atoms with Gasteiger partial charge in [0.05, 0.1) is 18.8 Å². The van der Waals surface area contributed by atoms with Crippen LogP contribution in [0.15, 0.2) is 54.7 Å². The minimum absolute atomic E-state index is 0.459. The number of hydrogen-bond acceptors (Lipinski definition) is 2. The molecule has 1 N–H and O–H groups in total. The summed E-state index contributed by atoms with van der Waals surface area (Å²) >= 11 is 0. The predicted molar refractivity (Wildman–Crippen MR) is 111 cm³/mol. The van der Waals surface area contributed by atoms with Gasteiger partial charge in [0, 0.05) is 27.9 Å². The van der Waals surface area contributed by atoms with E-state index in [2.05, 4.69) is 60.4 Å². The Hall–Kier alpha value is -2.81. The van der Waals surface area contributed by atoms with Crippen molar-refractivity contribution < 1.29 is 4.74 Å². The Labute approximate surface area is 159 Å². The molecule has 3 nitrogen and oxygen atoms in total. The average Bonchev–Trinajstić information content (AvgIpc) is 3.09. The van der Waals surface area contributed by atoms with E-state index in [1.807, 2.05) is 6.20 Å². The van der Waals surface area contributed by atoms with Crippen LogP contribution in [-0.4, -0.2) is 17.1 Å². The van der Waals surface area contributed by atoms with Gasteiger partial charge in [-0.1, -0.05) is 37.3 Å². The van der Waals surface area contributed by atoms with E-state index in [0.29, 0.717) is 11.8 Å². The van der Waals surface area contributed by atoms with Crippen LogP contribution in [0.3, 0.4) is 0 Å². The van der Waals surface area contributed by atoms with Crippen molar-refractivity contribution in [3.63, 3.8) is 0 Å². The van der Waals surface area contributed by atoms with Gasteiger partial charge in [-0.2, -0.15) is 0 Å². The molecule has 0 bridgehead atoms. The summed E-state index contributed by atoms with van der Waals surface area (Å²) in [4.78, 5) is 8.49. The minimum Gasteiger partial charge on any atom is -0.497 e. The lowest BCUT2D eigenvalue weighted by atomic mass is 9.75. The maximum atomic E-state index is 5.30. The number of methoxy groups -OCH3 is 1. The van der Waals surface area contributed by atoms with E-state index in [-0.39, 0.29) is 0 Å². The molecule has 2 atom stereocenters. The third-order valence-corrected chi connectivity index (χ3v) is 6.18. The van der Waals surface area contributed by atoms with E-state index in [9.17, 15) is 0 Å². The highest BCUT2D eigenvalue weighted by Crippen LogP contribution is 2.41. The van der Waals surface area contributed by atoms with E-state index in [1.54, 1.807) is 7.11 Å². The van der Waals surface area contributed by atoms with Crippen molar-refractivity contribution >= 4 is 21.8 Å². The van der Waals surface area contributed by atoms with Crippen LogP contribution in [-0.2, 0) is 12.8 Å². The van der Waals surface area contributed by atoms with Crippen molar-refractivity contribution in [2.45, 2.75) is 32.1 Å². The van der Waals surface area contributed by atoms with Gasteiger partial charge in [0.1, 0.15) is 5.75 Å². The molecule has 0 aliphatic heterocycles. The first-order valence-corrected chi connectivity index (χ1v) is 9.75. The van der Waals surface area contributed by atoms with E-state index in [0.717, 1.165) is 24.1 Å². The van der Waals surface area contributed by atoms with Gasteiger partial charge in [0.2, 0.25) is 0 Å². The maximum absolute atomic E-state index is 5.30. The van der Waals surface area contributed by atoms with Gasteiger partial charge in [0.15, 0.2) is 0 Å². The summed E-state index contributed by atoms with van der Waals surface area (Å²) in [5, 5.41) is 2.70. The Morgan fingerprint density at radius 3 is 2.70 bits per heavy atom. The predicted octanol–water partition coefficient (Wildman–Crippen LogP) is 5.63. The summed E-state index contributed by atoms with van der Waals surface area (Å²) < 4.78 is 5.30. The first-order valence-electron chi connectivity index (χ1n) is 9.75. The summed E-state index contributed by atoms with van der Waals surface area (Å²) in [5.41, 5.74) is 6.45. The van der Waals surface area contributed by atoms with Crippen LogP contribution < -0.4 is 4.74 Å². The van der Waals surface area contributed by atoms with Crippen LogP contribution in [0.4, 0.5) is 0 Å². The van der Waals surface area contributed by atoms with Crippen molar-refractivity contribution in [3.8, 4) is 5.75 Å². The van der Waals surface area contributed by atoms with Crippen molar-refractivity contribution in [2.24, 2.45) is 5.92 Å². The molecule has 0 spiro atoms. The highest BCUT2D eigenvalue weighted by molar-refractivity contribution is 6.09. The molecule has 5 rings (SSSR count). The van der Waals surface area contributed by atoms with Crippen molar-refractivity contribution in [1.29, 1.82) is 0 Å². The number of nitrogens with zero attached hydrogens (tertiary/aromatic N) is 1. The van der Waals surface area contributed by atoms with Crippen LogP contribution in [0.25, 0.3) is 21.8 Å². The highest BCUT2D eigenvalue weighted by atomic mass is 16.5. The number of ether oxygens (including phenoxy) is 1. The van der Waals surface area contributed by atoms with Crippen LogP contribution >= 0.6 is 0 Å². The van der Waals surface area contributed by atoms with Crippen LogP contribution in [0.5, 0.6) is 5.75 Å². The number of nitrogens with one attached hydrogen (secondary N) is 1. The summed E-state index contributed by atoms with van der Waals surface area (Å²) in [6, 6.07) is 17.1. The Morgan fingerprint density at radius 1 is 1.07 bits per heavy atom. The fraction of sp³-hybridized carbons (Fsp3) is 0.292. The number of benzene rings is 2. The molecular weight excluding hydrogens is 332 g/mol. The molecule has 136 valence electrons. The van der Waals surface area contributed by atoms with Gasteiger partial charge >= 0.3 is 0 Å². The third-order valence-electron chi connectivity index (χ3n) is 6.18.